The molecule has 27 heavy (non-hydrogen) atoms. The molecule has 3 rings (SSSR count). The number of carboxylic acids is 1. The fourth-order valence-electron chi connectivity index (χ4n) is 2.49. The predicted molar refractivity (Wildman–Crippen MR) is 97.3 cm³/mol. The second kappa shape index (κ2) is 7.58. The maximum atomic E-state index is 13.0. The molecule has 3 amide bonds. The van der Waals surface area contributed by atoms with Crippen molar-refractivity contribution in [2.45, 2.75) is 11.7 Å². The van der Waals surface area contributed by atoms with Gasteiger partial charge in [-0.2, -0.15) is 0 Å². The molecule has 0 spiro atoms. The Kier molecular flexibility index (Phi) is 5.22. The van der Waals surface area contributed by atoms with Crippen LogP contribution in [0, 0.1) is 5.82 Å². The number of imide groups is 1. The minimum absolute atomic E-state index is 0.0788. The van der Waals surface area contributed by atoms with Gasteiger partial charge >= 0.3 is 5.97 Å². The van der Waals surface area contributed by atoms with E-state index in [1.807, 2.05) is 0 Å². The van der Waals surface area contributed by atoms with Crippen molar-refractivity contribution in [2.75, 3.05) is 10.2 Å². The van der Waals surface area contributed by atoms with Gasteiger partial charge in [-0.05, 0) is 60.3 Å². The van der Waals surface area contributed by atoms with Crippen LogP contribution in [-0.2, 0) is 9.59 Å². The Morgan fingerprint density at radius 1 is 1.07 bits per heavy atom. The highest BCUT2D eigenvalue weighted by Crippen LogP contribution is 2.33. The van der Waals surface area contributed by atoms with Crippen molar-refractivity contribution in [3.05, 3.63) is 59.9 Å². The Morgan fingerprint density at radius 2 is 1.70 bits per heavy atom. The number of anilines is 2. The Labute approximate surface area is 157 Å². The summed E-state index contributed by atoms with van der Waals surface area (Å²) in [5, 5.41) is 9.99. The van der Waals surface area contributed by atoms with E-state index in [9.17, 15) is 23.6 Å². The molecule has 1 aliphatic heterocycles. The van der Waals surface area contributed by atoms with Gasteiger partial charge in [0.2, 0.25) is 11.8 Å². The van der Waals surface area contributed by atoms with E-state index in [4.69, 9.17) is 5.11 Å². The van der Waals surface area contributed by atoms with Crippen LogP contribution in [0.25, 0.3) is 0 Å². The molecular formula is C18H13FN2O5S. The van der Waals surface area contributed by atoms with Crippen molar-refractivity contribution in [3.63, 3.8) is 0 Å². The molecule has 7 nitrogen and oxygen atoms in total. The van der Waals surface area contributed by atoms with E-state index in [-0.39, 0.29) is 17.7 Å². The summed E-state index contributed by atoms with van der Waals surface area (Å²) in [5.74, 6) is -2.61. The Balaban J connectivity index is 1.64. The van der Waals surface area contributed by atoms with Crippen molar-refractivity contribution in [2.24, 2.45) is 0 Å². The van der Waals surface area contributed by atoms with Gasteiger partial charge in [-0.3, -0.25) is 14.4 Å². The monoisotopic (exact) mass is 388 g/mol. The highest BCUT2D eigenvalue weighted by molar-refractivity contribution is 8.15. The van der Waals surface area contributed by atoms with E-state index >= 15 is 0 Å². The third-order valence-electron chi connectivity index (χ3n) is 3.79. The van der Waals surface area contributed by atoms with E-state index in [1.165, 1.54) is 36.4 Å². The van der Waals surface area contributed by atoms with Crippen molar-refractivity contribution < 1.29 is 28.7 Å². The molecule has 0 aromatic heterocycles. The first-order valence-electron chi connectivity index (χ1n) is 7.78. The van der Waals surface area contributed by atoms with Crippen LogP contribution in [0.5, 0.6) is 0 Å². The fourth-order valence-corrected chi connectivity index (χ4v) is 3.47. The van der Waals surface area contributed by atoms with Crippen LogP contribution in [0.15, 0.2) is 48.5 Å². The molecule has 1 aliphatic rings. The largest absolute Gasteiger partial charge is 0.478 e. The molecule has 2 N–H and O–H groups in total. The second-order valence-corrected chi connectivity index (χ2v) is 6.81. The lowest BCUT2D eigenvalue weighted by molar-refractivity contribution is -0.121. The van der Waals surface area contributed by atoms with Gasteiger partial charge in [0, 0.05) is 12.1 Å². The van der Waals surface area contributed by atoms with E-state index < -0.39 is 34.1 Å². The van der Waals surface area contributed by atoms with E-state index in [1.54, 1.807) is 0 Å². The van der Waals surface area contributed by atoms with Gasteiger partial charge in [0.05, 0.1) is 11.3 Å². The summed E-state index contributed by atoms with van der Waals surface area (Å²) in [7, 11) is 0. The van der Waals surface area contributed by atoms with Gasteiger partial charge in [-0.1, -0.05) is 0 Å². The highest BCUT2D eigenvalue weighted by Gasteiger charge is 2.41. The number of amides is 3. The van der Waals surface area contributed by atoms with Crippen LogP contribution >= 0.6 is 11.8 Å². The summed E-state index contributed by atoms with van der Waals surface area (Å²) >= 11 is 0.731. The molecule has 2 aromatic rings. The predicted octanol–water partition coefficient (Wildman–Crippen LogP) is 3.12. The first-order chi connectivity index (χ1) is 12.8. The Hall–Kier alpha value is -3.20. The minimum atomic E-state index is -1.08. The zero-order valence-electron chi connectivity index (χ0n) is 13.7. The molecule has 0 radical (unpaired) electrons. The summed E-state index contributed by atoms with van der Waals surface area (Å²) in [4.78, 5) is 48.5. The number of hydrogen-bond acceptors (Lipinski definition) is 5. The SMILES string of the molecule is O=C(CC1SC(=O)N(c2ccc(F)cc2)C1=O)Nc1ccc(C(=O)O)cc1. The quantitative estimate of drug-likeness (QED) is 0.816. The minimum Gasteiger partial charge on any atom is -0.478 e. The summed E-state index contributed by atoms with van der Waals surface area (Å²) in [5.41, 5.74) is 0.697. The van der Waals surface area contributed by atoms with E-state index in [2.05, 4.69) is 5.32 Å². The molecule has 2 aromatic carbocycles. The van der Waals surface area contributed by atoms with Crippen LogP contribution in [0.2, 0.25) is 0 Å². The van der Waals surface area contributed by atoms with E-state index in [0.717, 1.165) is 28.8 Å². The van der Waals surface area contributed by atoms with Crippen LogP contribution in [0.1, 0.15) is 16.8 Å². The lowest BCUT2D eigenvalue weighted by Gasteiger charge is -2.13. The smallest absolute Gasteiger partial charge is 0.335 e. The maximum Gasteiger partial charge on any atom is 0.335 e. The first-order valence-corrected chi connectivity index (χ1v) is 8.66. The normalized spacial score (nSPS) is 16.5. The molecule has 1 heterocycles. The molecule has 9 heteroatoms. The second-order valence-electron chi connectivity index (χ2n) is 5.66. The number of carboxylic acid groups (broad SMARTS) is 1. The topological polar surface area (TPSA) is 104 Å². The number of nitrogens with zero attached hydrogens (tertiary/aromatic N) is 1. The number of hydrogen-bond donors (Lipinski definition) is 2. The molecule has 0 aliphatic carbocycles. The van der Waals surface area contributed by atoms with Crippen LogP contribution in [-0.4, -0.2) is 33.4 Å². The average molecular weight is 388 g/mol. The van der Waals surface area contributed by atoms with Crippen LogP contribution in [0.3, 0.4) is 0 Å². The van der Waals surface area contributed by atoms with Gasteiger partial charge in [0.15, 0.2) is 0 Å². The molecule has 1 unspecified atom stereocenters. The molecule has 1 fully saturated rings. The van der Waals surface area contributed by atoms with Crippen LogP contribution in [0.4, 0.5) is 20.6 Å². The first kappa shape index (κ1) is 18.6. The van der Waals surface area contributed by atoms with Gasteiger partial charge in [-0.25, -0.2) is 14.1 Å². The van der Waals surface area contributed by atoms with Gasteiger partial charge in [0.25, 0.3) is 5.24 Å². The van der Waals surface area contributed by atoms with E-state index in [0.29, 0.717) is 5.69 Å². The Bertz CT molecular complexity index is 914. The zero-order chi connectivity index (χ0) is 19.6. The number of carbonyl (C=O) groups excluding carboxylic acids is 3. The molecule has 1 atom stereocenters. The number of rotatable bonds is 5. The maximum absolute atomic E-state index is 13.0. The number of halogens is 1. The number of aromatic carboxylic acids is 1. The molecule has 1 saturated heterocycles. The number of thioether (sulfide) groups is 1. The molecule has 0 saturated carbocycles. The average Bonchev–Trinajstić information content (AvgIpc) is 2.90. The number of benzene rings is 2. The summed E-state index contributed by atoms with van der Waals surface area (Å²) < 4.78 is 13.0. The lowest BCUT2D eigenvalue weighted by atomic mass is 10.2. The summed E-state index contributed by atoms with van der Waals surface area (Å²) in [6.07, 6.45) is -0.229. The van der Waals surface area contributed by atoms with Gasteiger partial charge in [0.1, 0.15) is 11.1 Å². The van der Waals surface area contributed by atoms with Crippen molar-refractivity contribution in [1.29, 1.82) is 0 Å². The lowest BCUT2D eigenvalue weighted by Crippen LogP contribution is -2.32. The summed E-state index contributed by atoms with van der Waals surface area (Å²) in [6.45, 7) is 0. The fraction of sp³-hybridized carbons (Fsp3) is 0.111. The van der Waals surface area contributed by atoms with Crippen molar-refractivity contribution >= 4 is 46.2 Å². The Morgan fingerprint density at radius 3 is 2.30 bits per heavy atom. The third kappa shape index (κ3) is 4.14. The molecule has 138 valence electrons. The van der Waals surface area contributed by atoms with Crippen molar-refractivity contribution in [3.8, 4) is 0 Å². The van der Waals surface area contributed by atoms with Gasteiger partial charge < -0.3 is 10.4 Å². The van der Waals surface area contributed by atoms with Gasteiger partial charge in [-0.15, -0.1) is 0 Å². The van der Waals surface area contributed by atoms with Crippen LogP contribution < -0.4 is 10.2 Å². The summed E-state index contributed by atoms with van der Waals surface area (Å²) in [6, 6.07) is 10.5. The number of carbonyl (C=O) groups is 4. The standard InChI is InChI=1S/C18H13FN2O5S/c19-11-3-7-13(8-4-11)21-16(23)14(27-18(21)26)9-15(22)20-12-5-1-10(2-6-12)17(24)25/h1-8,14H,9H2,(H,20,22)(H,24,25). The highest BCUT2D eigenvalue weighted by atomic mass is 32.2. The zero-order valence-corrected chi connectivity index (χ0v) is 14.5. The third-order valence-corrected chi connectivity index (χ3v) is 4.83. The van der Waals surface area contributed by atoms with Crippen molar-refractivity contribution in [1.82, 2.24) is 0 Å². The molecule has 0 bridgehead atoms. The number of nitrogens with one attached hydrogen (secondary N) is 1. The molecular weight excluding hydrogens is 375 g/mol.